The number of para-hydroxylation sites is 1. The number of furan rings is 1. The van der Waals surface area contributed by atoms with E-state index < -0.39 is 0 Å². The van der Waals surface area contributed by atoms with Gasteiger partial charge in [-0.25, -0.2) is 4.98 Å². The van der Waals surface area contributed by atoms with Crippen molar-refractivity contribution in [2.24, 2.45) is 0 Å². The van der Waals surface area contributed by atoms with Crippen molar-refractivity contribution in [3.05, 3.63) is 69.8 Å². The molecule has 0 atom stereocenters. The summed E-state index contributed by atoms with van der Waals surface area (Å²) in [6.45, 7) is 1.94. The summed E-state index contributed by atoms with van der Waals surface area (Å²) >= 11 is 1.49. The highest BCUT2D eigenvalue weighted by molar-refractivity contribution is 7.17. The Morgan fingerprint density at radius 2 is 2.00 bits per heavy atom. The van der Waals surface area contributed by atoms with Crippen LogP contribution in [-0.4, -0.2) is 41.7 Å². The number of ether oxygens (including phenoxy) is 1. The van der Waals surface area contributed by atoms with Crippen molar-refractivity contribution >= 4 is 21.6 Å². The fourth-order valence-corrected chi connectivity index (χ4v) is 5.37. The molecule has 31 heavy (non-hydrogen) atoms. The highest BCUT2D eigenvalue weighted by Crippen LogP contribution is 2.33. The van der Waals surface area contributed by atoms with Crippen LogP contribution in [0.1, 0.15) is 30.3 Å². The number of nitrogens with zero attached hydrogens (tertiary/aromatic N) is 3. The van der Waals surface area contributed by atoms with Crippen LogP contribution in [0.2, 0.25) is 0 Å². The highest BCUT2D eigenvalue weighted by atomic mass is 32.1. The Morgan fingerprint density at radius 3 is 2.74 bits per heavy atom. The fourth-order valence-electron chi connectivity index (χ4n) is 4.43. The number of methoxy groups -OCH3 is 1. The number of rotatable bonds is 5. The number of fused-ring (bicyclic) bond motifs is 1. The molecule has 1 fully saturated rings. The number of thiophene rings is 1. The predicted octanol–water partition coefficient (Wildman–Crippen LogP) is 4.58. The van der Waals surface area contributed by atoms with Gasteiger partial charge in [0, 0.05) is 29.0 Å². The summed E-state index contributed by atoms with van der Waals surface area (Å²) in [4.78, 5) is 22.0. The lowest BCUT2D eigenvalue weighted by molar-refractivity contribution is 0.216. The second kappa shape index (κ2) is 8.32. The van der Waals surface area contributed by atoms with Gasteiger partial charge in [0.05, 0.1) is 18.8 Å². The molecule has 1 saturated heterocycles. The summed E-state index contributed by atoms with van der Waals surface area (Å²) in [6, 6.07) is 11.8. The molecule has 160 valence electrons. The standard InChI is InChI=1S/C24H25N3O3S/c1-26-11-9-17(10-12-26)27-21(14-16-6-3-4-7-19(16)29-2)25-23-22(24(27)28)18(15-31-23)20-8-5-13-30-20/h3-8,13,15,17H,9-12,14H2,1-2H3. The van der Waals surface area contributed by atoms with Crippen LogP contribution in [0.4, 0.5) is 0 Å². The van der Waals surface area contributed by atoms with E-state index in [1.807, 2.05) is 46.3 Å². The van der Waals surface area contributed by atoms with E-state index in [4.69, 9.17) is 14.1 Å². The maximum absolute atomic E-state index is 13.9. The van der Waals surface area contributed by atoms with E-state index in [1.165, 1.54) is 11.3 Å². The van der Waals surface area contributed by atoms with Crippen molar-refractivity contribution in [2.75, 3.05) is 27.2 Å². The maximum atomic E-state index is 13.9. The first kappa shape index (κ1) is 20.0. The molecule has 1 aromatic carbocycles. The van der Waals surface area contributed by atoms with Crippen molar-refractivity contribution in [1.82, 2.24) is 14.5 Å². The van der Waals surface area contributed by atoms with Gasteiger partial charge in [-0.1, -0.05) is 18.2 Å². The molecule has 0 bridgehead atoms. The van der Waals surface area contributed by atoms with Crippen LogP contribution in [-0.2, 0) is 6.42 Å². The van der Waals surface area contributed by atoms with E-state index >= 15 is 0 Å². The zero-order chi connectivity index (χ0) is 21.4. The average Bonchev–Trinajstić information content (AvgIpc) is 3.45. The molecular formula is C24H25N3O3S. The monoisotopic (exact) mass is 435 g/mol. The summed E-state index contributed by atoms with van der Waals surface area (Å²) in [5.41, 5.74) is 1.88. The molecule has 0 N–H and O–H groups in total. The Kier molecular flexibility index (Phi) is 5.38. The molecule has 0 radical (unpaired) electrons. The fraction of sp³-hybridized carbons (Fsp3) is 0.333. The van der Waals surface area contributed by atoms with Gasteiger partial charge in [-0.3, -0.25) is 9.36 Å². The summed E-state index contributed by atoms with van der Waals surface area (Å²) in [7, 11) is 3.80. The van der Waals surface area contributed by atoms with Crippen LogP contribution in [0.15, 0.2) is 57.3 Å². The first-order chi connectivity index (χ1) is 15.2. The van der Waals surface area contributed by atoms with Crippen LogP contribution in [0, 0.1) is 0 Å². The van der Waals surface area contributed by atoms with Crippen molar-refractivity contribution in [3.8, 4) is 17.1 Å². The van der Waals surface area contributed by atoms with Gasteiger partial charge in [-0.05, 0) is 51.2 Å². The lowest BCUT2D eigenvalue weighted by Gasteiger charge is -2.31. The highest BCUT2D eigenvalue weighted by Gasteiger charge is 2.26. The lowest BCUT2D eigenvalue weighted by atomic mass is 10.0. The summed E-state index contributed by atoms with van der Waals surface area (Å²) in [5.74, 6) is 2.32. The van der Waals surface area contributed by atoms with Gasteiger partial charge in [-0.15, -0.1) is 11.3 Å². The van der Waals surface area contributed by atoms with E-state index in [0.717, 1.165) is 53.5 Å². The molecule has 3 aromatic heterocycles. The van der Waals surface area contributed by atoms with Crippen LogP contribution < -0.4 is 10.3 Å². The molecule has 0 saturated carbocycles. The van der Waals surface area contributed by atoms with Gasteiger partial charge in [0.15, 0.2) is 0 Å². The normalized spacial score (nSPS) is 15.5. The Balaban J connectivity index is 1.68. The molecule has 1 aliphatic heterocycles. The Morgan fingerprint density at radius 1 is 1.19 bits per heavy atom. The summed E-state index contributed by atoms with van der Waals surface area (Å²) in [6.07, 6.45) is 4.05. The van der Waals surface area contributed by atoms with Crippen LogP contribution in [0.5, 0.6) is 5.75 Å². The Labute approximate surface area is 184 Å². The van der Waals surface area contributed by atoms with Gasteiger partial charge < -0.3 is 14.1 Å². The van der Waals surface area contributed by atoms with E-state index in [1.54, 1.807) is 13.4 Å². The lowest BCUT2D eigenvalue weighted by Crippen LogP contribution is -2.37. The number of hydrogen-bond acceptors (Lipinski definition) is 6. The quantitative estimate of drug-likeness (QED) is 0.459. The number of benzene rings is 1. The van der Waals surface area contributed by atoms with E-state index in [-0.39, 0.29) is 11.6 Å². The van der Waals surface area contributed by atoms with E-state index in [9.17, 15) is 4.79 Å². The molecule has 0 amide bonds. The molecule has 1 aliphatic rings. The van der Waals surface area contributed by atoms with Gasteiger partial charge in [0.25, 0.3) is 5.56 Å². The largest absolute Gasteiger partial charge is 0.496 e. The topological polar surface area (TPSA) is 60.5 Å². The second-order valence-electron chi connectivity index (χ2n) is 8.03. The summed E-state index contributed by atoms with van der Waals surface area (Å²) < 4.78 is 13.1. The Bertz CT molecular complexity index is 1250. The number of aromatic nitrogens is 2. The van der Waals surface area contributed by atoms with Crippen molar-refractivity contribution in [1.29, 1.82) is 0 Å². The molecule has 5 rings (SSSR count). The second-order valence-corrected chi connectivity index (χ2v) is 8.89. The molecule has 0 spiro atoms. The minimum atomic E-state index is 0.0251. The first-order valence-electron chi connectivity index (χ1n) is 10.5. The van der Waals surface area contributed by atoms with Crippen LogP contribution >= 0.6 is 11.3 Å². The molecule has 4 heterocycles. The average molecular weight is 436 g/mol. The molecule has 0 aliphatic carbocycles. The molecular weight excluding hydrogens is 410 g/mol. The minimum Gasteiger partial charge on any atom is -0.496 e. The molecule has 0 unspecified atom stereocenters. The number of likely N-dealkylation sites (tertiary alicyclic amines) is 1. The van der Waals surface area contributed by atoms with Gasteiger partial charge in [0.1, 0.15) is 22.2 Å². The van der Waals surface area contributed by atoms with Gasteiger partial charge >= 0.3 is 0 Å². The third kappa shape index (κ3) is 3.68. The van der Waals surface area contributed by atoms with Crippen molar-refractivity contribution in [3.63, 3.8) is 0 Å². The smallest absolute Gasteiger partial charge is 0.263 e. The SMILES string of the molecule is COc1ccccc1Cc1nc2scc(-c3ccco3)c2c(=O)n1C1CCN(C)CC1. The van der Waals surface area contributed by atoms with Crippen molar-refractivity contribution < 1.29 is 9.15 Å². The first-order valence-corrected chi connectivity index (χ1v) is 11.4. The molecule has 4 aromatic rings. The zero-order valence-corrected chi connectivity index (χ0v) is 18.5. The maximum Gasteiger partial charge on any atom is 0.263 e. The number of piperidine rings is 1. The van der Waals surface area contributed by atoms with Gasteiger partial charge in [0.2, 0.25) is 0 Å². The molecule has 6 nitrogen and oxygen atoms in total. The minimum absolute atomic E-state index is 0.0251. The van der Waals surface area contributed by atoms with E-state index in [0.29, 0.717) is 17.6 Å². The Hall–Kier alpha value is -2.90. The summed E-state index contributed by atoms with van der Waals surface area (Å²) in [5, 5.41) is 2.63. The van der Waals surface area contributed by atoms with E-state index in [2.05, 4.69) is 11.9 Å². The van der Waals surface area contributed by atoms with Crippen LogP contribution in [0.25, 0.3) is 21.5 Å². The number of hydrogen-bond donors (Lipinski definition) is 0. The predicted molar refractivity (Wildman–Crippen MR) is 123 cm³/mol. The van der Waals surface area contributed by atoms with Gasteiger partial charge in [-0.2, -0.15) is 0 Å². The van der Waals surface area contributed by atoms with Crippen LogP contribution in [0.3, 0.4) is 0 Å². The van der Waals surface area contributed by atoms with Crippen molar-refractivity contribution in [2.45, 2.75) is 25.3 Å². The third-order valence-electron chi connectivity index (χ3n) is 6.09. The zero-order valence-electron chi connectivity index (χ0n) is 17.7. The third-order valence-corrected chi connectivity index (χ3v) is 6.97. The molecule has 7 heteroatoms.